The van der Waals surface area contributed by atoms with E-state index in [0.29, 0.717) is 18.7 Å². The number of rotatable bonds is 6. The molecule has 3 aromatic rings. The lowest BCUT2D eigenvalue weighted by atomic mass is 9.78. The van der Waals surface area contributed by atoms with Gasteiger partial charge in [0.1, 0.15) is 17.7 Å². The average molecular weight is 481 g/mol. The first-order valence-corrected chi connectivity index (χ1v) is 12.6. The van der Waals surface area contributed by atoms with Crippen molar-refractivity contribution in [3.63, 3.8) is 0 Å². The van der Waals surface area contributed by atoms with E-state index in [2.05, 4.69) is 15.5 Å². The van der Waals surface area contributed by atoms with Crippen molar-refractivity contribution in [3.8, 4) is 10.4 Å². The summed E-state index contributed by atoms with van der Waals surface area (Å²) in [4.78, 5) is 33.9. The smallest absolute Gasteiger partial charge is 0.243 e. The molecule has 1 aromatic carbocycles. The van der Waals surface area contributed by atoms with Crippen LogP contribution >= 0.6 is 11.3 Å². The highest BCUT2D eigenvalue weighted by molar-refractivity contribution is 7.13. The van der Waals surface area contributed by atoms with Crippen molar-refractivity contribution in [3.05, 3.63) is 59.1 Å². The predicted octanol–water partition coefficient (Wildman–Crippen LogP) is 5.10. The maximum Gasteiger partial charge on any atom is 0.243 e. The highest BCUT2D eigenvalue weighted by Crippen LogP contribution is 2.38. The van der Waals surface area contributed by atoms with E-state index in [4.69, 9.17) is 4.52 Å². The zero-order valence-corrected chi connectivity index (χ0v) is 21.2. The maximum atomic E-state index is 13.7. The predicted molar refractivity (Wildman–Crippen MR) is 132 cm³/mol. The SMILES string of the molecule is Cc1cc(C(C(=O)N2CCCC2C(=O)NC(C)c2ccc(-c3cncs3)cc2)C(C)(C)C)on1. The van der Waals surface area contributed by atoms with Crippen LogP contribution in [0.2, 0.25) is 0 Å². The standard InChI is InChI=1S/C26H32N4O3S/c1-16-13-21(33-29-16)23(26(3,4)5)25(32)30-12-6-7-20(30)24(31)28-17(2)18-8-10-19(11-9-18)22-14-27-15-34-22/h8-11,13-15,17,20,23H,6-7,12H2,1-5H3,(H,28,31). The summed E-state index contributed by atoms with van der Waals surface area (Å²) in [5.41, 5.74) is 4.30. The summed E-state index contributed by atoms with van der Waals surface area (Å²) in [5, 5.41) is 7.10. The lowest BCUT2D eigenvalue weighted by Gasteiger charge is -2.33. The van der Waals surface area contributed by atoms with E-state index in [1.54, 1.807) is 16.2 Å². The molecule has 34 heavy (non-hydrogen) atoms. The zero-order valence-electron chi connectivity index (χ0n) is 20.4. The molecule has 1 aliphatic rings. The van der Waals surface area contributed by atoms with Crippen molar-refractivity contribution in [2.24, 2.45) is 5.41 Å². The molecule has 1 N–H and O–H groups in total. The molecule has 1 aliphatic heterocycles. The van der Waals surface area contributed by atoms with Gasteiger partial charge in [-0.25, -0.2) is 0 Å². The van der Waals surface area contributed by atoms with Crippen LogP contribution < -0.4 is 5.32 Å². The number of carbonyl (C=O) groups is 2. The number of nitrogens with zero attached hydrogens (tertiary/aromatic N) is 3. The van der Waals surface area contributed by atoms with Gasteiger partial charge in [0.15, 0.2) is 0 Å². The van der Waals surface area contributed by atoms with Gasteiger partial charge in [-0.05, 0) is 43.2 Å². The molecule has 4 rings (SSSR count). The second kappa shape index (κ2) is 9.70. The minimum atomic E-state index is -0.501. The van der Waals surface area contributed by atoms with E-state index >= 15 is 0 Å². The van der Waals surface area contributed by atoms with E-state index in [0.717, 1.165) is 28.1 Å². The van der Waals surface area contributed by atoms with E-state index in [9.17, 15) is 9.59 Å². The van der Waals surface area contributed by atoms with Gasteiger partial charge < -0.3 is 14.7 Å². The highest BCUT2D eigenvalue weighted by atomic mass is 32.1. The van der Waals surface area contributed by atoms with Gasteiger partial charge in [0.2, 0.25) is 11.8 Å². The summed E-state index contributed by atoms with van der Waals surface area (Å²) >= 11 is 1.60. The maximum absolute atomic E-state index is 13.7. The van der Waals surface area contributed by atoms with Crippen molar-refractivity contribution in [2.45, 2.75) is 65.5 Å². The number of hydrogen-bond donors (Lipinski definition) is 1. The molecule has 1 saturated heterocycles. The van der Waals surface area contributed by atoms with Gasteiger partial charge in [-0.2, -0.15) is 0 Å². The monoisotopic (exact) mass is 480 g/mol. The quantitative estimate of drug-likeness (QED) is 0.530. The third-order valence-corrected chi connectivity index (χ3v) is 7.19. The van der Waals surface area contributed by atoms with E-state index in [1.807, 2.05) is 76.7 Å². The number of aryl methyl sites for hydroxylation is 1. The first kappa shape index (κ1) is 24.1. The van der Waals surface area contributed by atoms with Gasteiger partial charge in [-0.15, -0.1) is 11.3 Å². The molecule has 8 heteroatoms. The fraction of sp³-hybridized carbons (Fsp3) is 0.462. The Balaban J connectivity index is 1.46. The topological polar surface area (TPSA) is 88.3 Å². The van der Waals surface area contributed by atoms with E-state index in [-0.39, 0.29) is 23.3 Å². The number of nitrogens with one attached hydrogen (secondary N) is 1. The molecule has 0 saturated carbocycles. The molecule has 0 aliphatic carbocycles. The summed E-state index contributed by atoms with van der Waals surface area (Å²) in [6.45, 7) is 10.4. The Morgan fingerprint density at radius 2 is 1.97 bits per heavy atom. The van der Waals surface area contributed by atoms with Gasteiger partial charge >= 0.3 is 0 Å². The molecular weight excluding hydrogens is 448 g/mol. The molecule has 180 valence electrons. The molecule has 2 aromatic heterocycles. The van der Waals surface area contributed by atoms with Crippen molar-refractivity contribution in [1.82, 2.24) is 20.4 Å². The number of likely N-dealkylation sites (tertiary alicyclic amines) is 1. The Hall–Kier alpha value is -3.00. The third kappa shape index (κ3) is 5.06. The van der Waals surface area contributed by atoms with Crippen molar-refractivity contribution in [1.29, 1.82) is 0 Å². The number of hydrogen-bond acceptors (Lipinski definition) is 6. The second-order valence-electron chi connectivity index (χ2n) is 10.1. The van der Waals surface area contributed by atoms with Crippen LogP contribution in [0.4, 0.5) is 0 Å². The molecule has 0 spiro atoms. The molecule has 3 atom stereocenters. The molecule has 1 fully saturated rings. The van der Waals surface area contributed by atoms with Crippen LogP contribution in [-0.4, -0.2) is 39.4 Å². The van der Waals surface area contributed by atoms with Gasteiger partial charge in [-0.3, -0.25) is 14.6 Å². The van der Waals surface area contributed by atoms with Gasteiger partial charge in [0.25, 0.3) is 0 Å². The first-order valence-electron chi connectivity index (χ1n) is 11.7. The lowest BCUT2D eigenvalue weighted by Crippen LogP contribution is -2.49. The molecule has 7 nitrogen and oxygen atoms in total. The molecule has 3 unspecified atom stereocenters. The molecule has 2 amide bonds. The molecule has 0 radical (unpaired) electrons. The van der Waals surface area contributed by atoms with Crippen LogP contribution in [0, 0.1) is 12.3 Å². The summed E-state index contributed by atoms with van der Waals surface area (Å²) < 4.78 is 5.49. The summed E-state index contributed by atoms with van der Waals surface area (Å²) in [6, 6.07) is 9.31. The van der Waals surface area contributed by atoms with Crippen LogP contribution in [0.15, 0.2) is 46.6 Å². The van der Waals surface area contributed by atoms with Crippen molar-refractivity contribution >= 4 is 23.2 Å². The van der Waals surface area contributed by atoms with Crippen molar-refractivity contribution < 1.29 is 14.1 Å². The highest BCUT2D eigenvalue weighted by Gasteiger charge is 2.43. The van der Waals surface area contributed by atoms with Crippen LogP contribution in [0.25, 0.3) is 10.4 Å². The summed E-state index contributed by atoms with van der Waals surface area (Å²) in [7, 11) is 0. The number of thiazole rings is 1. The Morgan fingerprint density at radius 3 is 2.56 bits per heavy atom. The largest absolute Gasteiger partial charge is 0.360 e. The van der Waals surface area contributed by atoms with E-state index < -0.39 is 12.0 Å². The second-order valence-corrected chi connectivity index (χ2v) is 11.0. The van der Waals surface area contributed by atoms with Gasteiger partial charge in [0.05, 0.1) is 22.1 Å². The van der Waals surface area contributed by atoms with Crippen LogP contribution in [0.5, 0.6) is 0 Å². The Labute approximate surface area is 204 Å². The third-order valence-electron chi connectivity index (χ3n) is 6.37. The Kier molecular flexibility index (Phi) is 6.89. The van der Waals surface area contributed by atoms with Gasteiger partial charge in [0, 0.05) is 18.8 Å². The van der Waals surface area contributed by atoms with Crippen LogP contribution in [-0.2, 0) is 9.59 Å². The Bertz CT molecular complexity index is 1130. The fourth-order valence-electron chi connectivity index (χ4n) is 4.59. The molecule has 0 bridgehead atoms. The molecule has 3 heterocycles. The minimum absolute atomic E-state index is 0.0807. The number of benzene rings is 1. The van der Waals surface area contributed by atoms with E-state index in [1.165, 1.54) is 0 Å². The zero-order chi connectivity index (χ0) is 24.5. The summed E-state index contributed by atoms with van der Waals surface area (Å²) in [5.74, 6) is -0.150. The number of amides is 2. The van der Waals surface area contributed by atoms with Crippen LogP contribution in [0.1, 0.15) is 69.5 Å². The minimum Gasteiger partial charge on any atom is -0.360 e. The van der Waals surface area contributed by atoms with Crippen LogP contribution in [0.3, 0.4) is 0 Å². The lowest BCUT2D eigenvalue weighted by molar-refractivity contribution is -0.142. The average Bonchev–Trinajstić information content (AvgIpc) is 3.55. The number of carbonyl (C=O) groups excluding carboxylic acids is 2. The fourth-order valence-corrected chi connectivity index (χ4v) is 5.22. The summed E-state index contributed by atoms with van der Waals surface area (Å²) in [6.07, 6.45) is 3.30. The number of aromatic nitrogens is 2. The Morgan fingerprint density at radius 1 is 1.24 bits per heavy atom. The first-order chi connectivity index (χ1) is 16.1. The van der Waals surface area contributed by atoms with Crippen molar-refractivity contribution in [2.75, 3.05) is 6.54 Å². The molecular formula is C26H32N4O3S. The normalized spacial score (nSPS) is 18.0. The van der Waals surface area contributed by atoms with Gasteiger partial charge in [-0.1, -0.05) is 50.2 Å².